The van der Waals surface area contributed by atoms with Gasteiger partial charge in [0.05, 0.1) is 19.1 Å². The normalized spacial score (nSPS) is 14.2. The molecule has 0 aliphatic rings. The highest BCUT2D eigenvalue weighted by Gasteiger charge is 2.23. The second kappa shape index (κ2) is 7.78. The van der Waals surface area contributed by atoms with E-state index in [0.29, 0.717) is 6.42 Å². The van der Waals surface area contributed by atoms with Gasteiger partial charge in [-0.1, -0.05) is 0 Å². The van der Waals surface area contributed by atoms with Crippen molar-refractivity contribution in [2.24, 2.45) is 0 Å². The van der Waals surface area contributed by atoms with Crippen LogP contribution >= 0.6 is 0 Å². The van der Waals surface area contributed by atoms with Crippen LogP contribution in [-0.4, -0.2) is 65.1 Å². The second-order valence-corrected chi connectivity index (χ2v) is 4.23. The average molecular weight is 260 g/mol. The Morgan fingerprint density at radius 3 is 1.89 bits per heavy atom. The van der Waals surface area contributed by atoms with Gasteiger partial charge in [0.1, 0.15) is 5.78 Å². The maximum atomic E-state index is 11.3. The van der Waals surface area contributed by atoms with Crippen LogP contribution in [0, 0.1) is 0 Å². The Kier molecular flexibility index (Phi) is 7.14. The fourth-order valence-corrected chi connectivity index (χ4v) is 1.69. The van der Waals surface area contributed by atoms with Crippen LogP contribution in [0.1, 0.15) is 20.3 Å². The maximum absolute atomic E-state index is 11.3. The number of hydrogen-bond acceptors (Lipinski definition) is 5. The van der Waals surface area contributed by atoms with Gasteiger partial charge in [-0.25, -0.2) is 0 Å². The molecule has 0 radical (unpaired) electrons. The van der Waals surface area contributed by atoms with E-state index in [0.717, 1.165) is 0 Å². The maximum Gasteiger partial charge on any atom is 0.317 e. The third kappa shape index (κ3) is 6.31. The Balaban J connectivity index is 4.62. The number of carbonyl (C=O) groups is 3. The lowest BCUT2D eigenvalue weighted by molar-refractivity contribution is -0.142. The van der Waals surface area contributed by atoms with E-state index in [1.54, 1.807) is 14.0 Å². The Labute approximate surface area is 106 Å². The summed E-state index contributed by atoms with van der Waals surface area (Å²) in [5, 5.41) is 20.3. The Hall–Kier alpha value is -1.47. The first-order valence-electron chi connectivity index (χ1n) is 5.63. The van der Waals surface area contributed by atoms with Crippen molar-refractivity contribution in [3.8, 4) is 0 Å². The first-order valence-corrected chi connectivity index (χ1v) is 5.63. The second-order valence-electron chi connectivity index (χ2n) is 4.23. The number of aliphatic carboxylic acids is 2. The molecule has 2 atom stereocenters. The molecule has 0 aromatic rings. The van der Waals surface area contributed by atoms with Crippen LogP contribution in [-0.2, 0) is 14.4 Å². The molecule has 0 amide bonds. The van der Waals surface area contributed by atoms with Gasteiger partial charge >= 0.3 is 11.9 Å². The number of nitrogens with one attached hydrogen (secondary N) is 1. The molecule has 0 spiro atoms. The number of ketones is 1. The minimum absolute atomic E-state index is 0.0602. The quantitative estimate of drug-likeness (QED) is 0.508. The SMILES string of the molecule is CNC(CC(C)N(CC(=O)O)CC(=O)O)C(C)=O. The van der Waals surface area contributed by atoms with Crippen molar-refractivity contribution in [2.75, 3.05) is 20.1 Å². The number of carbonyl (C=O) groups excluding carboxylic acids is 1. The van der Waals surface area contributed by atoms with Crippen molar-refractivity contribution in [3.05, 3.63) is 0 Å². The third-order valence-corrected chi connectivity index (χ3v) is 2.72. The average Bonchev–Trinajstić information content (AvgIpc) is 2.22. The van der Waals surface area contributed by atoms with E-state index in [4.69, 9.17) is 10.2 Å². The topological polar surface area (TPSA) is 107 Å². The van der Waals surface area contributed by atoms with E-state index in [9.17, 15) is 14.4 Å². The molecule has 0 heterocycles. The fraction of sp³-hybridized carbons (Fsp3) is 0.727. The molecule has 0 fully saturated rings. The number of likely N-dealkylation sites (N-methyl/N-ethyl adjacent to an activating group) is 1. The molecule has 0 aromatic heterocycles. The van der Waals surface area contributed by atoms with Gasteiger partial charge in [0.2, 0.25) is 0 Å². The highest BCUT2D eigenvalue weighted by Crippen LogP contribution is 2.07. The van der Waals surface area contributed by atoms with E-state index in [1.807, 2.05) is 0 Å². The van der Waals surface area contributed by atoms with Gasteiger partial charge in [-0.2, -0.15) is 0 Å². The molecule has 0 saturated heterocycles. The molecule has 2 unspecified atom stereocenters. The van der Waals surface area contributed by atoms with Crippen LogP contribution in [0.4, 0.5) is 0 Å². The van der Waals surface area contributed by atoms with Gasteiger partial charge in [-0.15, -0.1) is 0 Å². The van der Waals surface area contributed by atoms with Gasteiger partial charge in [-0.3, -0.25) is 19.3 Å². The minimum atomic E-state index is -1.09. The van der Waals surface area contributed by atoms with Crippen molar-refractivity contribution in [3.63, 3.8) is 0 Å². The molecular formula is C11H20N2O5. The summed E-state index contributed by atoms with van der Waals surface area (Å²) in [6.07, 6.45) is 0.367. The zero-order chi connectivity index (χ0) is 14.3. The van der Waals surface area contributed by atoms with Gasteiger partial charge in [0.15, 0.2) is 0 Å². The number of hydrogen-bond donors (Lipinski definition) is 3. The summed E-state index contributed by atoms with van der Waals surface area (Å²) in [5.41, 5.74) is 0. The van der Waals surface area contributed by atoms with Crippen molar-refractivity contribution in [1.82, 2.24) is 10.2 Å². The Morgan fingerprint density at radius 1 is 1.17 bits per heavy atom. The summed E-state index contributed by atoms with van der Waals surface area (Å²) in [4.78, 5) is 33.9. The molecule has 7 heteroatoms. The first kappa shape index (κ1) is 16.5. The molecule has 104 valence electrons. The van der Waals surface area contributed by atoms with Crippen LogP contribution in [0.25, 0.3) is 0 Å². The minimum Gasteiger partial charge on any atom is -0.480 e. The standard InChI is InChI=1S/C11H20N2O5/c1-7(4-9(12-3)8(2)14)13(5-10(15)16)6-11(17)18/h7,9,12H,4-6H2,1-3H3,(H,15,16)(H,17,18). The van der Waals surface area contributed by atoms with E-state index < -0.39 is 18.0 Å². The molecule has 0 rings (SSSR count). The summed E-state index contributed by atoms with van der Waals surface area (Å²) < 4.78 is 0. The van der Waals surface area contributed by atoms with E-state index in [2.05, 4.69) is 5.32 Å². The molecule has 0 aliphatic carbocycles. The van der Waals surface area contributed by atoms with Gasteiger partial charge in [-0.05, 0) is 27.3 Å². The monoisotopic (exact) mass is 260 g/mol. The van der Waals surface area contributed by atoms with E-state index in [1.165, 1.54) is 11.8 Å². The van der Waals surface area contributed by atoms with Crippen molar-refractivity contribution >= 4 is 17.7 Å². The highest BCUT2D eigenvalue weighted by molar-refractivity contribution is 5.81. The number of carboxylic acid groups (broad SMARTS) is 2. The molecular weight excluding hydrogens is 240 g/mol. The predicted octanol–water partition coefficient (Wildman–Crippen LogP) is -0.587. The van der Waals surface area contributed by atoms with Crippen LogP contribution < -0.4 is 5.32 Å². The molecule has 0 aliphatic heterocycles. The lowest BCUT2D eigenvalue weighted by Gasteiger charge is -2.28. The fourth-order valence-electron chi connectivity index (χ4n) is 1.69. The van der Waals surface area contributed by atoms with E-state index in [-0.39, 0.29) is 24.9 Å². The zero-order valence-corrected chi connectivity index (χ0v) is 10.8. The number of rotatable bonds is 9. The number of carboxylic acids is 2. The van der Waals surface area contributed by atoms with Crippen molar-refractivity contribution in [2.45, 2.75) is 32.4 Å². The molecule has 0 aromatic carbocycles. The van der Waals surface area contributed by atoms with Crippen molar-refractivity contribution in [1.29, 1.82) is 0 Å². The van der Waals surface area contributed by atoms with Gasteiger partial charge < -0.3 is 15.5 Å². The molecule has 0 saturated carbocycles. The van der Waals surface area contributed by atoms with Crippen LogP contribution in [0.3, 0.4) is 0 Å². The summed E-state index contributed by atoms with van der Waals surface area (Å²) in [7, 11) is 1.64. The third-order valence-electron chi connectivity index (χ3n) is 2.72. The van der Waals surface area contributed by atoms with Crippen LogP contribution in [0.2, 0.25) is 0 Å². The van der Waals surface area contributed by atoms with E-state index >= 15 is 0 Å². The molecule has 18 heavy (non-hydrogen) atoms. The first-order chi connectivity index (χ1) is 8.27. The molecule has 7 nitrogen and oxygen atoms in total. The highest BCUT2D eigenvalue weighted by atomic mass is 16.4. The largest absolute Gasteiger partial charge is 0.480 e. The number of Topliss-reactive ketones (excluding diaryl/α,β-unsaturated/α-hetero) is 1. The predicted molar refractivity (Wildman–Crippen MR) is 64.5 cm³/mol. The Bertz CT molecular complexity index is 303. The van der Waals surface area contributed by atoms with Crippen LogP contribution in [0.5, 0.6) is 0 Å². The van der Waals surface area contributed by atoms with Gasteiger partial charge in [0.25, 0.3) is 0 Å². The summed E-state index contributed by atoms with van der Waals surface area (Å²) in [6, 6.07) is -0.719. The van der Waals surface area contributed by atoms with Crippen molar-refractivity contribution < 1.29 is 24.6 Å². The Morgan fingerprint density at radius 2 is 1.61 bits per heavy atom. The van der Waals surface area contributed by atoms with Crippen LogP contribution in [0.15, 0.2) is 0 Å². The lowest BCUT2D eigenvalue weighted by atomic mass is 10.0. The van der Waals surface area contributed by atoms with Gasteiger partial charge in [0, 0.05) is 6.04 Å². The molecule has 0 bridgehead atoms. The zero-order valence-electron chi connectivity index (χ0n) is 10.8. The number of nitrogens with zero attached hydrogens (tertiary/aromatic N) is 1. The summed E-state index contributed by atoms with van der Waals surface area (Å²) in [5.74, 6) is -2.24. The summed E-state index contributed by atoms with van der Waals surface area (Å²) >= 11 is 0. The smallest absolute Gasteiger partial charge is 0.317 e. The summed E-state index contributed by atoms with van der Waals surface area (Å²) in [6.45, 7) is 2.43. The lowest BCUT2D eigenvalue weighted by Crippen LogP contribution is -2.45. The molecule has 3 N–H and O–H groups in total.